The molecule has 1 N–H and O–H groups in total. The number of nitrogens with one attached hydrogen (secondary N) is 1. The molecule has 0 unspecified atom stereocenters. The molecule has 0 saturated carbocycles. The number of amides is 1. The fraction of sp³-hybridized carbons (Fsp3) is 0.417. The number of methoxy groups -OCH3 is 1. The van der Waals surface area contributed by atoms with Gasteiger partial charge in [-0.3, -0.25) is 4.79 Å². The second-order valence-electron chi connectivity index (χ2n) is 4.28. The molecule has 0 bridgehead atoms. The normalized spacial score (nSPS) is 11.2. The van der Waals surface area contributed by atoms with Gasteiger partial charge in [-0.05, 0) is 38.1 Å². The third-order valence-corrected chi connectivity index (χ3v) is 2.59. The zero-order valence-corrected chi connectivity index (χ0v) is 11.3. The molecule has 16 heavy (non-hydrogen) atoms. The van der Waals surface area contributed by atoms with Crippen molar-refractivity contribution in [2.24, 2.45) is 0 Å². The maximum Gasteiger partial charge on any atom is 0.251 e. The van der Waals surface area contributed by atoms with Crippen LogP contribution in [0.2, 0.25) is 0 Å². The molecule has 1 aromatic rings. The molecular weight excluding hydrogens is 270 g/mol. The summed E-state index contributed by atoms with van der Waals surface area (Å²) in [4.78, 5) is 11.9. The highest BCUT2D eigenvalue weighted by Gasteiger charge is 2.20. The van der Waals surface area contributed by atoms with Crippen molar-refractivity contribution >= 4 is 21.8 Å². The third kappa shape index (κ3) is 3.94. The van der Waals surface area contributed by atoms with E-state index in [1.54, 1.807) is 19.2 Å². The van der Waals surface area contributed by atoms with E-state index in [-0.39, 0.29) is 11.4 Å². The van der Waals surface area contributed by atoms with E-state index in [9.17, 15) is 4.79 Å². The van der Waals surface area contributed by atoms with E-state index in [4.69, 9.17) is 4.74 Å². The number of ether oxygens (including phenoxy) is 1. The lowest BCUT2D eigenvalue weighted by Crippen LogP contribution is -2.46. The molecule has 1 rings (SSSR count). The van der Waals surface area contributed by atoms with Crippen LogP contribution >= 0.6 is 15.9 Å². The minimum absolute atomic E-state index is 0.0884. The first-order chi connectivity index (χ1) is 7.44. The summed E-state index contributed by atoms with van der Waals surface area (Å²) in [7, 11) is 1.62. The van der Waals surface area contributed by atoms with E-state index in [1.165, 1.54) is 0 Å². The minimum Gasteiger partial charge on any atom is -0.382 e. The van der Waals surface area contributed by atoms with Crippen LogP contribution in [0.4, 0.5) is 0 Å². The summed E-state index contributed by atoms with van der Waals surface area (Å²) in [6.45, 7) is 4.33. The second-order valence-corrected chi connectivity index (χ2v) is 5.19. The van der Waals surface area contributed by atoms with Crippen LogP contribution in [0.25, 0.3) is 0 Å². The number of halogens is 1. The number of carbonyl (C=O) groups is 1. The standard InChI is InChI=1S/C12H16BrNO2/c1-12(2,8-16-3)14-11(15)9-4-6-10(13)7-5-9/h4-7H,8H2,1-3H3,(H,14,15). The Bertz CT molecular complexity index is 360. The van der Waals surface area contributed by atoms with Crippen molar-refractivity contribution < 1.29 is 9.53 Å². The largest absolute Gasteiger partial charge is 0.382 e. The predicted molar refractivity (Wildman–Crippen MR) is 67.6 cm³/mol. The average molecular weight is 286 g/mol. The Morgan fingerprint density at radius 2 is 1.94 bits per heavy atom. The van der Waals surface area contributed by atoms with Crippen LogP contribution in [0, 0.1) is 0 Å². The van der Waals surface area contributed by atoms with Crippen LogP contribution in [0.15, 0.2) is 28.7 Å². The van der Waals surface area contributed by atoms with Gasteiger partial charge in [0.05, 0.1) is 12.1 Å². The monoisotopic (exact) mass is 285 g/mol. The molecule has 4 heteroatoms. The van der Waals surface area contributed by atoms with Crippen LogP contribution in [0.5, 0.6) is 0 Å². The summed E-state index contributed by atoms with van der Waals surface area (Å²) in [6.07, 6.45) is 0. The molecule has 0 aliphatic carbocycles. The molecule has 0 saturated heterocycles. The Labute approximate surface area is 104 Å². The molecule has 0 atom stereocenters. The van der Waals surface area contributed by atoms with E-state index in [0.717, 1.165) is 4.47 Å². The highest BCUT2D eigenvalue weighted by molar-refractivity contribution is 9.10. The van der Waals surface area contributed by atoms with E-state index < -0.39 is 0 Å². The fourth-order valence-corrected chi connectivity index (χ4v) is 1.64. The highest BCUT2D eigenvalue weighted by atomic mass is 79.9. The Kier molecular flexibility index (Phi) is 4.50. The molecule has 0 aliphatic heterocycles. The SMILES string of the molecule is COCC(C)(C)NC(=O)c1ccc(Br)cc1. The zero-order chi connectivity index (χ0) is 12.2. The minimum atomic E-state index is -0.362. The molecule has 0 spiro atoms. The van der Waals surface area contributed by atoms with Crippen LogP contribution in [-0.4, -0.2) is 25.2 Å². The molecule has 1 amide bonds. The molecular formula is C12H16BrNO2. The van der Waals surface area contributed by atoms with Crippen molar-refractivity contribution in [3.8, 4) is 0 Å². The van der Waals surface area contributed by atoms with Crippen molar-refractivity contribution in [1.82, 2.24) is 5.32 Å². The molecule has 3 nitrogen and oxygen atoms in total. The zero-order valence-electron chi connectivity index (χ0n) is 9.71. The molecule has 0 fully saturated rings. The quantitative estimate of drug-likeness (QED) is 0.924. The van der Waals surface area contributed by atoms with E-state index in [2.05, 4.69) is 21.2 Å². The second kappa shape index (κ2) is 5.46. The van der Waals surface area contributed by atoms with Crippen LogP contribution in [-0.2, 0) is 4.74 Å². The van der Waals surface area contributed by atoms with Crippen LogP contribution in [0.3, 0.4) is 0 Å². The van der Waals surface area contributed by atoms with Gasteiger partial charge in [0.2, 0.25) is 0 Å². The van der Waals surface area contributed by atoms with Gasteiger partial charge >= 0.3 is 0 Å². The van der Waals surface area contributed by atoms with Crippen molar-refractivity contribution in [3.05, 3.63) is 34.3 Å². The lowest BCUT2D eigenvalue weighted by Gasteiger charge is -2.25. The fourth-order valence-electron chi connectivity index (χ4n) is 1.38. The van der Waals surface area contributed by atoms with Gasteiger partial charge in [-0.2, -0.15) is 0 Å². The number of carbonyl (C=O) groups excluding carboxylic acids is 1. The highest BCUT2D eigenvalue weighted by Crippen LogP contribution is 2.11. The molecule has 0 aromatic heterocycles. The Balaban J connectivity index is 2.69. The van der Waals surface area contributed by atoms with Gasteiger partial charge in [-0.25, -0.2) is 0 Å². The van der Waals surface area contributed by atoms with Crippen molar-refractivity contribution in [1.29, 1.82) is 0 Å². The van der Waals surface area contributed by atoms with Gasteiger partial charge in [-0.1, -0.05) is 15.9 Å². The van der Waals surface area contributed by atoms with Gasteiger partial charge in [0.1, 0.15) is 0 Å². The van der Waals surface area contributed by atoms with Gasteiger partial charge < -0.3 is 10.1 Å². The van der Waals surface area contributed by atoms with Gasteiger partial charge in [0.25, 0.3) is 5.91 Å². The molecule has 88 valence electrons. The average Bonchev–Trinajstić information content (AvgIpc) is 2.17. The van der Waals surface area contributed by atoms with Crippen LogP contribution in [0.1, 0.15) is 24.2 Å². The predicted octanol–water partition coefficient (Wildman–Crippen LogP) is 2.60. The number of benzene rings is 1. The van der Waals surface area contributed by atoms with Crippen LogP contribution < -0.4 is 5.32 Å². The van der Waals surface area contributed by atoms with Crippen molar-refractivity contribution in [2.75, 3.05) is 13.7 Å². The maximum absolute atomic E-state index is 11.9. The smallest absolute Gasteiger partial charge is 0.251 e. The Hall–Kier alpha value is -0.870. The molecule has 0 aliphatic rings. The van der Waals surface area contributed by atoms with E-state index >= 15 is 0 Å². The van der Waals surface area contributed by atoms with Gasteiger partial charge in [0, 0.05) is 17.1 Å². The van der Waals surface area contributed by atoms with Crippen molar-refractivity contribution in [2.45, 2.75) is 19.4 Å². The summed E-state index contributed by atoms with van der Waals surface area (Å²) < 4.78 is 6.00. The third-order valence-electron chi connectivity index (χ3n) is 2.06. The topological polar surface area (TPSA) is 38.3 Å². The summed E-state index contributed by atoms with van der Waals surface area (Å²) in [5.41, 5.74) is 0.284. The maximum atomic E-state index is 11.9. The summed E-state index contributed by atoms with van der Waals surface area (Å²) >= 11 is 3.33. The van der Waals surface area contributed by atoms with E-state index in [1.807, 2.05) is 26.0 Å². The first-order valence-corrected chi connectivity index (χ1v) is 5.81. The number of hydrogen-bond acceptors (Lipinski definition) is 2. The number of hydrogen-bond donors (Lipinski definition) is 1. The van der Waals surface area contributed by atoms with Crippen molar-refractivity contribution in [3.63, 3.8) is 0 Å². The van der Waals surface area contributed by atoms with Gasteiger partial charge in [0.15, 0.2) is 0 Å². The van der Waals surface area contributed by atoms with Gasteiger partial charge in [-0.15, -0.1) is 0 Å². The first-order valence-electron chi connectivity index (χ1n) is 5.01. The summed E-state index contributed by atoms with van der Waals surface area (Å²) in [5, 5.41) is 2.91. The summed E-state index contributed by atoms with van der Waals surface area (Å²) in [5.74, 6) is -0.0884. The Morgan fingerprint density at radius 1 is 1.38 bits per heavy atom. The Morgan fingerprint density at radius 3 is 2.44 bits per heavy atom. The number of rotatable bonds is 4. The first kappa shape index (κ1) is 13.2. The lowest BCUT2D eigenvalue weighted by molar-refractivity contribution is 0.0820. The molecule has 1 aromatic carbocycles. The summed E-state index contributed by atoms with van der Waals surface area (Å²) in [6, 6.07) is 7.25. The lowest BCUT2D eigenvalue weighted by atomic mass is 10.1. The molecule has 0 radical (unpaired) electrons. The van der Waals surface area contributed by atoms with E-state index in [0.29, 0.717) is 12.2 Å². The molecule has 0 heterocycles.